The van der Waals surface area contributed by atoms with Gasteiger partial charge in [-0.15, -0.1) is 5.79 Å². The SMILES string of the molecule is [CH3][AlH][C]1(O)CCC(NC2CCN(P)CC2C)CC1. The van der Waals surface area contributed by atoms with E-state index in [2.05, 4.69) is 32.1 Å². The lowest BCUT2D eigenvalue weighted by Crippen LogP contribution is -2.52. The van der Waals surface area contributed by atoms with Crippen LogP contribution in [-0.2, 0) is 0 Å². The van der Waals surface area contributed by atoms with Crippen LogP contribution in [0.5, 0.6) is 0 Å². The topological polar surface area (TPSA) is 35.5 Å². The molecule has 2 N–H and O–H groups in total. The van der Waals surface area contributed by atoms with Crippen molar-refractivity contribution in [3.8, 4) is 0 Å². The van der Waals surface area contributed by atoms with Crippen LogP contribution in [0.15, 0.2) is 0 Å². The minimum absolute atomic E-state index is 0.229. The molecule has 0 aromatic heterocycles. The summed E-state index contributed by atoms with van der Waals surface area (Å²) in [6, 6.07) is 1.33. The van der Waals surface area contributed by atoms with Crippen LogP contribution in [0.4, 0.5) is 0 Å². The van der Waals surface area contributed by atoms with Crippen molar-refractivity contribution in [2.45, 2.75) is 61.4 Å². The van der Waals surface area contributed by atoms with Crippen LogP contribution in [0, 0.1) is 5.92 Å². The van der Waals surface area contributed by atoms with Crippen molar-refractivity contribution < 1.29 is 5.11 Å². The van der Waals surface area contributed by atoms with Crippen molar-refractivity contribution in [3.63, 3.8) is 0 Å². The number of piperidine rings is 1. The summed E-state index contributed by atoms with van der Waals surface area (Å²) in [6.07, 6.45) is 5.67. The van der Waals surface area contributed by atoms with Gasteiger partial charge >= 0.3 is 0 Å². The molecular weight excluding hydrogens is 258 g/mol. The number of aliphatic hydroxyl groups is 1. The smallest absolute Gasteiger partial charge is 0.284 e. The zero-order valence-corrected chi connectivity index (χ0v) is 14.4. The first-order valence-electron chi connectivity index (χ1n) is 7.50. The molecule has 0 bridgehead atoms. The number of rotatable bonds is 3. The molecule has 1 heterocycles. The fraction of sp³-hybridized carbons (Fsp3) is 1.00. The molecule has 18 heavy (non-hydrogen) atoms. The van der Waals surface area contributed by atoms with E-state index in [-0.39, 0.29) is 19.7 Å². The second-order valence-electron chi connectivity index (χ2n) is 6.39. The zero-order valence-electron chi connectivity index (χ0n) is 11.9. The Balaban J connectivity index is 1.78. The third-order valence-electron chi connectivity index (χ3n) is 4.96. The van der Waals surface area contributed by atoms with Gasteiger partial charge in [0.05, 0.1) is 0 Å². The van der Waals surface area contributed by atoms with E-state index in [4.69, 9.17) is 0 Å². The van der Waals surface area contributed by atoms with Gasteiger partial charge in [0.15, 0.2) is 0 Å². The molecule has 0 spiro atoms. The van der Waals surface area contributed by atoms with Crippen LogP contribution in [0.1, 0.15) is 39.0 Å². The second kappa shape index (κ2) is 6.53. The third kappa shape index (κ3) is 3.92. The summed E-state index contributed by atoms with van der Waals surface area (Å²) >= 11 is -0.281. The first kappa shape index (κ1) is 15.2. The Kier molecular flexibility index (Phi) is 5.53. The monoisotopic (exact) mass is 286 g/mol. The number of nitrogens with zero attached hydrogens (tertiary/aromatic N) is 1. The summed E-state index contributed by atoms with van der Waals surface area (Å²) in [4.78, 5) is 0. The van der Waals surface area contributed by atoms with Gasteiger partial charge in [0.25, 0.3) is 15.2 Å². The molecule has 3 nitrogen and oxygen atoms in total. The van der Waals surface area contributed by atoms with Crippen molar-refractivity contribution in [1.82, 2.24) is 9.99 Å². The fourth-order valence-electron chi connectivity index (χ4n) is 3.40. The fourth-order valence-corrected chi connectivity index (χ4v) is 5.00. The van der Waals surface area contributed by atoms with Crippen molar-refractivity contribution in [3.05, 3.63) is 0 Å². The minimum atomic E-state index is -0.281. The maximum atomic E-state index is 10.3. The number of hydrogen-bond acceptors (Lipinski definition) is 3. The Labute approximate surface area is 120 Å². The highest BCUT2D eigenvalue weighted by molar-refractivity contribution is 7.13. The van der Waals surface area contributed by atoms with Gasteiger partial charge < -0.3 is 10.4 Å². The standard InChI is InChI=1S/C12H24N2OP.CH3.Al.H/c1-9-8-14(16)7-6-12(9)13-10-2-4-11(15)5-3-10;;;/h9-10,12-13,15H,2-8,16H2,1H3;1H3;;. The van der Waals surface area contributed by atoms with Crippen LogP contribution < -0.4 is 5.32 Å². The average molecular weight is 286 g/mol. The van der Waals surface area contributed by atoms with Crippen molar-refractivity contribution in [1.29, 1.82) is 0 Å². The van der Waals surface area contributed by atoms with E-state index in [1.54, 1.807) is 0 Å². The number of nitrogens with one attached hydrogen (secondary N) is 1. The van der Waals surface area contributed by atoms with Crippen LogP contribution in [-0.4, -0.2) is 54.6 Å². The largest absolute Gasteiger partial charge is 0.406 e. The van der Waals surface area contributed by atoms with Crippen LogP contribution >= 0.6 is 9.39 Å². The van der Waals surface area contributed by atoms with Gasteiger partial charge in [0.2, 0.25) is 0 Å². The molecule has 0 aromatic rings. The predicted molar refractivity (Wildman–Crippen MR) is 82.2 cm³/mol. The first-order chi connectivity index (χ1) is 8.52. The van der Waals surface area contributed by atoms with E-state index in [0.29, 0.717) is 12.1 Å². The van der Waals surface area contributed by atoms with E-state index < -0.39 is 0 Å². The lowest BCUT2D eigenvalue weighted by atomic mass is 9.89. The molecule has 0 radical (unpaired) electrons. The lowest BCUT2D eigenvalue weighted by Gasteiger charge is -2.41. The Morgan fingerprint density at radius 2 is 2.00 bits per heavy atom. The van der Waals surface area contributed by atoms with Gasteiger partial charge in [-0.2, -0.15) is 0 Å². The summed E-state index contributed by atoms with van der Waals surface area (Å²) in [5, 5.41) is 14.2. The Bertz CT molecular complexity index is 272. The minimum Gasteiger partial charge on any atom is -0.406 e. The molecular formula is C13H28AlN2OP. The van der Waals surface area contributed by atoms with E-state index in [0.717, 1.165) is 18.8 Å². The predicted octanol–water partition coefficient (Wildman–Crippen LogP) is 1.19. The first-order valence-corrected chi connectivity index (χ1v) is 10.1. The van der Waals surface area contributed by atoms with E-state index >= 15 is 0 Å². The zero-order chi connectivity index (χ0) is 13.2. The summed E-state index contributed by atoms with van der Waals surface area (Å²) in [5.41, 5.74) is 0. The Morgan fingerprint density at radius 3 is 2.56 bits per heavy atom. The molecule has 2 rings (SSSR count). The maximum Gasteiger partial charge on any atom is 0.284 e. The van der Waals surface area contributed by atoms with Gasteiger partial charge in [0.1, 0.15) is 0 Å². The quantitative estimate of drug-likeness (QED) is 0.604. The number of hydrogen-bond donors (Lipinski definition) is 2. The van der Waals surface area contributed by atoms with E-state index in [1.807, 2.05) is 0 Å². The van der Waals surface area contributed by atoms with Crippen molar-refractivity contribution in [2.24, 2.45) is 5.92 Å². The highest BCUT2D eigenvalue weighted by atomic mass is 31.0. The van der Waals surface area contributed by atoms with Crippen LogP contribution in [0.3, 0.4) is 0 Å². The van der Waals surface area contributed by atoms with Crippen LogP contribution in [0.25, 0.3) is 0 Å². The molecule has 0 amide bonds. The van der Waals surface area contributed by atoms with Gasteiger partial charge in [-0.25, -0.2) is 0 Å². The molecule has 2 aliphatic rings. The molecule has 2 fully saturated rings. The van der Waals surface area contributed by atoms with Crippen molar-refractivity contribution >= 4 is 24.6 Å². The summed E-state index contributed by atoms with van der Waals surface area (Å²) in [5.74, 6) is 2.97. The summed E-state index contributed by atoms with van der Waals surface area (Å²) in [6.45, 7) is 4.72. The van der Waals surface area contributed by atoms with Crippen LogP contribution in [0.2, 0.25) is 5.79 Å². The molecule has 1 saturated carbocycles. The van der Waals surface area contributed by atoms with Crippen molar-refractivity contribution in [2.75, 3.05) is 13.1 Å². The maximum absolute atomic E-state index is 10.3. The molecule has 0 aromatic carbocycles. The summed E-state index contributed by atoms with van der Waals surface area (Å²) < 4.78 is 2.12. The molecule has 3 unspecified atom stereocenters. The third-order valence-corrected chi connectivity index (χ3v) is 7.45. The van der Waals surface area contributed by atoms with E-state index in [9.17, 15) is 5.11 Å². The molecule has 5 heteroatoms. The molecule has 1 saturated heterocycles. The Morgan fingerprint density at radius 1 is 1.33 bits per heavy atom. The molecule has 1 aliphatic carbocycles. The molecule has 104 valence electrons. The molecule has 1 aliphatic heterocycles. The average Bonchev–Trinajstić information content (AvgIpc) is 2.36. The van der Waals surface area contributed by atoms with Gasteiger partial charge in [-0.05, 0) is 38.0 Å². The lowest BCUT2D eigenvalue weighted by molar-refractivity contribution is 0.0658. The van der Waals surface area contributed by atoms with Gasteiger partial charge in [-0.3, -0.25) is 4.67 Å². The van der Waals surface area contributed by atoms with Gasteiger partial charge in [-0.1, -0.05) is 16.3 Å². The Hall–Kier alpha value is 0.842. The highest BCUT2D eigenvalue weighted by Crippen LogP contribution is 2.29. The molecule has 3 atom stereocenters. The highest BCUT2D eigenvalue weighted by Gasteiger charge is 2.34. The normalized spacial score (nSPS) is 42.8. The second-order valence-corrected chi connectivity index (χ2v) is 9.14. The van der Waals surface area contributed by atoms with E-state index in [1.165, 1.54) is 32.4 Å². The summed E-state index contributed by atoms with van der Waals surface area (Å²) in [7, 11) is 2.83. The van der Waals surface area contributed by atoms with Gasteiger partial charge in [0, 0.05) is 29.6 Å².